The zero-order chi connectivity index (χ0) is 17.1. The number of nitrogens with one attached hydrogen (secondary N) is 2. The van der Waals surface area contributed by atoms with Gasteiger partial charge >= 0.3 is 0 Å². The van der Waals surface area contributed by atoms with E-state index in [2.05, 4.69) is 29.5 Å². The van der Waals surface area contributed by atoms with Crippen LogP contribution in [0.25, 0.3) is 0 Å². The number of guanidine groups is 1. The van der Waals surface area contributed by atoms with Crippen molar-refractivity contribution in [2.24, 2.45) is 10.9 Å². The smallest absolute Gasteiger partial charge is 0.243 e. The molecular weight excluding hydrogens is 292 g/mol. The molecular formula is C17H34N4O2. The Kier molecular flexibility index (Phi) is 9.67. The molecule has 1 saturated heterocycles. The summed E-state index contributed by atoms with van der Waals surface area (Å²) in [5, 5.41) is 6.61. The fourth-order valence-electron chi connectivity index (χ4n) is 2.33. The highest BCUT2D eigenvalue weighted by Crippen LogP contribution is 2.16. The molecule has 1 amide bonds. The largest absolute Gasteiger partial charge is 0.378 e. The minimum atomic E-state index is 0.00579. The van der Waals surface area contributed by atoms with Crippen LogP contribution in [-0.2, 0) is 9.53 Å². The molecule has 6 heteroatoms. The van der Waals surface area contributed by atoms with Gasteiger partial charge in [0.15, 0.2) is 5.96 Å². The monoisotopic (exact) mass is 326 g/mol. The predicted molar refractivity (Wildman–Crippen MR) is 94.7 cm³/mol. The van der Waals surface area contributed by atoms with Gasteiger partial charge in [-0.1, -0.05) is 13.8 Å². The van der Waals surface area contributed by atoms with E-state index in [1.165, 1.54) is 19.3 Å². The highest BCUT2D eigenvalue weighted by molar-refractivity contribution is 5.84. The second-order valence-electron chi connectivity index (χ2n) is 6.79. The van der Waals surface area contributed by atoms with Gasteiger partial charge in [-0.05, 0) is 38.0 Å². The van der Waals surface area contributed by atoms with Crippen molar-refractivity contribution in [1.29, 1.82) is 0 Å². The van der Waals surface area contributed by atoms with Gasteiger partial charge in [-0.3, -0.25) is 4.79 Å². The van der Waals surface area contributed by atoms with Crippen LogP contribution < -0.4 is 10.6 Å². The summed E-state index contributed by atoms with van der Waals surface area (Å²) in [5.41, 5.74) is 0. The van der Waals surface area contributed by atoms with Crippen LogP contribution in [0.15, 0.2) is 4.99 Å². The summed E-state index contributed by atoms with van der Waals surface area (Å²) in [6.07, 6.45) is 6.22. The van der Waals surface area contributed by atoms with Crippen LogP contribution in [-0.4, -0.2) is 63.2 Å². The third-order valence-corrected chi connectivity index (χ3v) is 3.82. The highest BCUT2D eigenvalue weighted by atomic mass is 16.5. The first-order valence-corrected chi connectivity index (χ1v) is 8.83. The third-order valence-electron chi connectivity index (χ3n) is 3.82. The molecule has 1 atom stereocenters. The zero-order valence-corrected chi connectivity index (χ0v) is 15.2. The Hall–Kier alpha value is -1.30. The van der Waals surface area contributed by atoms with Crippen molar-refractivity contribution in [2.75, 3.05) is 40.3 Å². The summed E-state index contributed by atoms with van der Waals surface area (Å²) in [6, 6.07) is 0. The first kappa shape index (κ1) is 19.7. The molecule has 2 N–H and O–H groups in total. The summed E-state index contributed by atoms with van der Waals surface area (Å²) in [7, 11) is 3.49. The lowest BCUT2D eigenvalue weighted by atomic mass is 10.0. The SMILES string of the molecule is CC(C)CNC(=NCC(=O)N(C)C)NCCCC1CCCCO1. The molecule has 1 rings (SSSR count). The molecule has 0 radical (unpaired) electrons. The van der Waals surface area contributed by atoms with E-state index in [9.17, 15) is 4.79 Å². The Balaban J connectivity index is 2.32. The van der Waals surface area contributed by atoms with Crippen LogP contribution in [0, 0.1) is 5.92 Å². The van der Waals surface area contributed by atoms with Crippen LogP contribution in [0.4, 0.5) is 0 Å². The van der Waals surface area contributed by atoms with E-state index in [4.69, 9.17) is 4.74 Å². The van der Waals surface area contributed by atoms with Crippen LogP contribution in [0.3, 0.4) is 0 Å². The molecule has 1 fully saturated rings. The summed E-state index contributed by atoms with van der Waals surface area (Å²) < 4.78 is 5.75. The van der Waals surface area contributed by atoms with Crippen molar-refractivity contribution in [2.45, 2.75) is 52.1 Å². The fourth-order valence-corrected chi connectivity index (χ4v) is 2.33. The van der Waals surface area contributed by atoms with Crippen molar-refractivity contribution < 1.29 is 9.53 Å². The van der Waals surface area contributed by atoms with Gasteiger partial charge in [0.05, 0.1) is 6.10 Å². The minimum absolute atomic E-state index is 0.00579. The van der Waals surface area contributed by atoms with E-state index in [0.717, 1.165) is 38.5 Å². The number of rotatable bonds is 8. The third kappa shape index (κ3) is 9.43. The molecule has 23 heavy (non-hydrogen) atoms. The van der Waals surface area contributed by atoms with Crippen molar-refractivity contribution >= 4 is 11.9 Å². The second-order valence-corrected chi connectivity index (χ2v) is 6.79. The molecule has 0 aliphatic carbocycles. The normalized spacial score (nSPS) is 18.8. The minimum Gasteiger partial charge on any atom is -0.378 e. The lowest BCUT2D eigenvalue weighted by Gasteiger charge is -2.22. The van der Waals surface area contributed by atoms with Gasteiger partial charge < -0.3 is 20.3 Å². The molecule has 0 bridgehead atoms. The predicted octanol–water partition coefficient (Wildman–Crippen LogP) is 1.62. The van der Waals surface area contributed by atoms with E-state index in [1.807, 2.05) is 0 Å². The van der Waals surface area contributed by atoms with Gasteiger partial charge in [-0.2, -0.15) is 0 Å². The highest BCUT2D eigenvalue weighted by Gasteiger charge is 2.13. The molecule has 0 aromatic heterocycles. The molecule has 134 valence electrons. The maximum atomic E-state index is 11.7. The average molecular weight is 326 g/mol. The summed E-state index contributed by atoms with van der Waals surface area (Å²) in [4.78, 5) is 17.6. The molecule has 0 aromatic carbocycles. The number of likely N-dealkylation sites (N-methyl/N-ethyl adjacent to an activating group) is 1. The summed E-state index contributed by atoms with van der Waals surface area (Å²) in [5.74, 6) is 1.26. The van der Waals surface area contributed by atoms with Crippen molar-refractivity contribution in [3.63, 3.8) is 0 Å². The summed E-state index contributed by atoms with van der Waals surface area (Å²) in [6.45, 7) is 7.07. The van der Waals surface area contributed by atoms with E-state index in [1.54, 1.807) is 19.0 Å². The topological polar surface area (TPSA) is 66.0 Å². The maximum Gasteiger partial charge on any atom is 0.243 e. The lowest BCUT2D eigenvalue weighted by molar-refractivity contribution is -0.127. The van der Waals surface area contributed by atoms with Crippen LogP contribution in [0.2, 0.25) is 0 Å². The van der Waals surface area contributed by atoms with E-state index < -0.39 is 0 Å². The number of nitrogens with zero attached hydrogens (tertiary/aromatic N) is 2. The number of hydrogen-bond donors (Lipinski definition) is 2. The van der Waals surface area contributed by atoms with E-state index in [0.29, 0.717) is 12.0 Å². The van der Waals surface area contributed by atoms with Crippen molar-refractivity contribution in [3.8, 4) is 0 Å². The molecule has 1 heterocycles. The Morgan fingerprint density at radius 3 is 2.70 bits per heavy atom. The molecule has 0 spiro atoms. The van der Waals surface area contributed by atoms with Crippen LogP contribution >= 0.6 is 0 Å². The molecule has 1 aliphatic heterocycles. The number of carbonyl (C=O) groups is 1. The van der Waals surface area contributed by atoms with Gasteiger partial charge in [0.1, 0.15) is 6.54 Å². The Labute approximate surface area is 141 Å². The van der Waals surface area contributed by atoms with Gasteiger partial charge in [0.25, 0.3) is 0 Å². The van der Waals surface area contributed by atoms with Crippen molar-refractivity contribution in [3.05, 3.63) is 0 Å². The Morgan fingerprint density at radius 2 is 2.09 bits per heavy atom. The number of hydrogen-bond acceptors (Lipinski definition) is 3. The quantitative estimate of drug-likeness (QED) is 0.404. The Morgan fingerprint density at radius 1 is 1.30 bits per heavy atom. The number of aliphatic imine (C=N–C) groups is 1. The fraction of sp³-hybridized carbons (Fsp3) is 0.882. The molecule has 0 aromatic rings. The number of carbonyl (C=O) groups excluding carboxylic acids is 1. The molecule has 0 saturated carbocycles. The first-order chi connectivity index (χ1) is 11.0. The van der Waals surface area contributed by atoms with Crippen LogP contribution in [0.5, 0.6) is 0 Å². The summed E-state index contributed by atoms with van der Waals surface area (Å²) >= 11 is 0. The van der Waals surface area contributed by atoms with Gasteiger partial charge in [-0.15, -0.1) is 0 Å². The maximum absolute atomic E-state index is 11.7. The van der Waals surface area contributed by atoms with E-state index >= 15 is 0 Å². The number of amides is 1. The van der Waals surface area contributed by atoms with E-state index in [-0.39, 0.29) is 12.5 Å². The van der Waals surface area contributed by atoms with Crippen LogP contribution in [0.1, 0.15) is 46.0 Å². The molecule has 6 nitrogen and oxygen atoms in total. The Bertz CT molecular complexity index is 364. The second kappa shape index (κ2) is 11.3. The zero-order valence-electron chi connectivity index (χ0n) is 15.2. The number of ether oxygens (including phenoxy) is 1. The van der Waals surface area contributed by atoms with Gasteiger partial charge in [0.2, 0.25) is 5.91 Å². The van der Waals surface area contributed by atoms with Gasteiger partial charge in [0, 0.05) is 33.8 Å². The van der Waals surface area contributed by atoms with Gasteiger partial charge in [-0.25, -0.2) is 4.99 Å². The molecule has 1 aliphatic rings. The standard InChI is InChI=1S/C17H34N4O2/c1-14(2)12-19-17(20-13-16(22)21(3)4)18-10-7-9-15-8-5-6-11-23-15/h14-15H,5-13H2,1-4H3,(H2,18,19,20). The first-order valence-electron chi connectivity index (χ1n) is 8.83. The molecule has 1 unspecified atom stereocenters. The average Bonchev–Trinajstić information content (AvgIpc) is 2.53. The lowest BCUT2D eigenvalue weighted by Crippen LogP contribution is -2.40. The van der Waals surface area contributed by atoms with Crippen molar-refractivity contribution in [1.82, 2.24) is 15.5 Å².